The molecule has 3 heterocycles. The summed E-state index contributed by atoms with van der Waals surface area (Å²) in [4.78, 5) is 25.9. The highest BCUT2D eigenvalue weighted by Gasteiger charge is 2.24. The van der Waals surface area contributed by atoms with Crippen molar-refractivity contribution in [3.05, 3.63) is 47.4 Å². The highest BCUT2D eigenvalue weighted by atomic mass is 35.5. The van der Waals surface area contributed by atoms with Gasteiger partial charge < -0.3 is 10.2 Å². The molecule has 0 bridgehead atoms. The van der Waals surface area contributed by atoms with E-state index in [0.29, 0.717) is 22.4 Å². The van der Waals surface area contributed by atoms with E-state index in [-0.39, 0.29) is 30.9 Å². The van der Waals surface area contributed by atoms with Gasteiger partial charge in [-0.3, -0.25) is 10.0 Å². The standard InChI is InChI=1S/C16H17ClN6O2.2ClH/c17-13-8-11(2-3-14(24)22-25)9-20-15(13)21-12-4-7-23(10-12)16-18-5-1-6-19-16;;/h1-3,5-6,8-9,12,25H,4,7,10H2,(H,20,21)(H,22,24);2*1H/t12-;;/m1../s1. The number of carbonyl (C=O) groups is 1. The van der Waals surface area contributed by atoms with Crippen LogP contribution in [0, 0.1) is 0 Å². The van der Waals surface area contributed by atoms with Crippen molar-refractivity contribution < 1.29 is 10.0 Å². The number of hydroxylamine groups is 1. The van der Waals surface area contributed by atoms with E-state index >= 15 is 0 Å². The highest BCUT2D eigenvalue weighted by molar-refractivity contribution is 6.33. The number of anilines is 2. The molecule has 0 unspecified atom stereocenters. The molecule has 2 aromatic rings. The van der Waals surface area contributed by atoms with Crippen molar-refractivity contribution in [2.75, 3.05) is 23.3 Å². The van der Waals surface area contributed by atoms with Crippen molar-refractivity contribution in [1.29, 1.82) is 0 Å². The third-order valence-electron chi connectivity index (χ3n) is 3.76. The molecular weight excluding hydrogens is 415 g/mol. The van der Waals surface area contributed by atoms with Crippen molar-refractivity contribution in [2.24, 2.45) is 0 Å². The second-order valence-electron chi connectivity index (χ2n) is 5.53. The number of hydrogen-bond acceptors (Lipinski definition) is 7. The summed E-state index contributed by atoms with van der Waals surface area (Å²) < 4.78 is 0. The smallest absolute Gasteiger partial charge is 0.267 e. The van der Waals surface area contributed by atoms with Crippen molar-refractivity contribution in [1.82, 2.24) is 20.4 Å². The number of aromatic nitrogens is 3. The van der Waals surface area contributed by atoms with Crippen LogP contribution in [0.25, 0.3) is 6.08 Å². The lowest BCUT2D eigenvalue weighted by atomic mass is 10.2. The van der Waals surface area contributed by atoms with Gasteiger partial charge in [0.15, 0.2) is 0 Å². The van der Waals surface area contributed by atoms with Crippen LogP contribution in [-0.4, -0.2) is 45.2 Å². The van der Waals surface area contributed by atoms with Crippen LogP contribution in [0.4, 0.5) is 11.8 Å². The first-order valence-corrected chi connectivity index (χ1v) is 8.09. The zero-order valence-corrected chi connectivity index (χ0v) is 16.5. The third kappa shape index (κ3) is 6.21. The Morgan fingerprint density at radius 2 is 2.04 bits per heavy atom. The quantitative estimate of drug-likeness (QED) is 0.378. The Balaban J connectivity index is 0.00000182. The lowest BCUT2D eigenvalue weighted by molar-refractivity contribution is -0.124. The SMILES string of the molecule is Cl.Cl.O=C(C=Cc1cnc(N[C@@H]2CCN(c3ncccn3)C2)c(Cl)c1)NO. The van der Waals surface area contributed by atoms with Crippen LogP contribution in [0.1, 0.15) is 12.0 Å². The monoisotopic (exact) mass is 432 g/mol. The average Bonchev–Trinajstić information content (AvgIpc) is 3.11. The Bertz CT molecular complexity index is 778. The maximum Gasteiger partial charge on any atom is 0.267 e. The van der Waals surface area contributed by atoms with Gasteiger partial charge in [-0.25, -0.2) is 20.4 Å². The summed E-state index contributed by atoms with van der Waals surface area (Å²) in [7, 11) is 0. The molecule has 3 N–H and O–H groups in total. The minimum absolute atomic E-state index is 0. The molecule has 1 fully saturated rings. The van der Waals surface area contributed by atoms with Gasteiger partial charge in [-0.2, -0.15) is 0 Å². The predicted molar refractivity (Wildman–Crippen MR) is 109 cm³/mol. The van der Waals surface area contributed by atoms with E-state index in [4.69, 9.17) is 16.8 Å². The van der Waals surface area contributed by atoms with Crippen LogP contribution in [0.3, 0.4) is 0 Å². The Labute approximate surface area is 173 Å². The first kappa shape index (κ1) is 22.9. The van der Waals surface area contributed by atoms with E-state index < -0.39 is 5.91 Å². The van der Waals surface area contributed by atoms with E-state index in [2.05, 4.69) is 25.2 Å². The summed E-state index contributed by atoms with van der Waals surface area (Å²) in [6, 6.07) is 3.68. The van der Waals surface area contributed by atoms with E-state index in [9.17, 15) is 4.79 Å². The van der Waals surface area contributed by atoms with Gasteiger partial charge in [-0.05, 0) is 30.2 Å². The molecule has 3 rings (SSSR count). The zero-order chi connectivity index (χ0) is 17.6. The fourth-order valence-corrected chi connectivity index (χ4v) is 2.80. The van der Waals surface area contributed by atoms with Crippen molar-refractivity contribution in [3.63, 3.8) is 0 Å². The van der Waals surface area contributed by atoms with E-state index in [1.54, 1.807) is 30.7 Å². The fraction of sp³-hybridized carbons (Fsp3) is 0.250. The van der Waals surface area contributed by atoms with Gasteiger partial charge in [0.2, 0.25) is 5.95 Å². The Hall–Kier alpha value is -2.13. The van der Waals surface area contributed by atoms with E-state index in [1.165, 1.54) is 17.6 Å². The molecule has 2 aromatic heterocycles. The van der Waals surface area contributed by atoms with Crippen LogP contribution >= 0.6 is 36.4 Å². The second-order valence-corrected chi connectivity index (χ2v) is 5.94. The molecule has 1 saturated heterocycles. The number of nitrogens with one attached hydrogen (secondary N) is 2. The summed E-state index contributed by atoms with van der Waals surface area (Å²) in [6.07, 6.45) is 8.68. The van der Waals surface area contributed by atoms with Gasteiger partial charge in [-0.1, -0.05) is 11.6 Å². The van der Waals surface area contributed by atoms with Gasteiger partial charge in [-0.15, -0.1) is 24.8 Å². The molecule has 1 aliphatic rings. The normalized spacial score (nSPS) is 15.8. The number of halogens is 3. The molecule has 146 valence electrons. The molecule has 0 radical (unpaired) electrons. The average molecular weight is 434 g/mol. The van der Waals surface area contributed by atoms with Crippen molar-refractivity contribution in [3.8, 4) is 0 Å². The van der Waals surface area contributed by atoms with Crippen LogP contribution in [0.5, 0.6) is 0 Å². The minimum Gasteiger partial charge on any atom is -0.364 e. The summed E-state index contributed by atoms with van der Waals surface area (Å²) in [5.74, 6) is 0.687. The molecule has 0 saturated carbocycles. The molecule has 1 atom stereocenters. The molecule has 0 spiro atoms. The lowest BCUT2D eigenvalue weighted by Gasteiger charge is -2.17. The Kier molecular flexibility index (Phi) is 9.23. The third-order valence-corrected chi connectivity index (χ3v) is 4.05. The van der Waals surface area contributed by atoms with Crippen molar-refractivity contribution >= 4 is 60.2 Å². The van der Waals surface area contributed by atoms with Crippen LogP contribution in [0.2, 0.25) is 5.02 Å². The van der Waals surface area contributed by atoms with E-state index in [0.717, 1.165) is 19.5 Å². The number of amides is 1. The Morgan fingerprint density at radius 1 is 1.30 bits per heavy atom. The number of hydrogen-bond donors (Lipinski definition) is 3. The molecule has 1 amide bonds. The summed E-state index contributed by atoms with van der Waals surface area (Å²) >= 11 is 6.26. The lowest BCUT2D eigenvalue weighted by Crippen LogP contribution is -2.27. The summed E-state index contributed by atoms with van der Waals surface area (Å²) in [6.45, 7) is 1.62. The second kappa shape index (κ2) is 10.9. The maximum absolute atomic E-state index is 11.0. The van der Waals surface area contributed by atoms with Crippen molar-refractivity contribution in [2.45, 2.75) is 12.5 Å². The van der Waals surface area contributed by atoms with Gasteiger partial charge in [0.1, 0.15) is 5.82 Å². The molecule has 11 heteroatoms. The highest BCUT2D eigenvalue weighted by Crippen LogP contribution is 2.24. The van der Waals surface area contributed by atoms with Gasteiger partial charge in [0.25, 0.3) is 5.91 Å². The van der Waals surface area contributed by atoms with Gasteiger partial charge >= 0.3 is 0 Å². The first-order valence-electron chi connectivity index (χ1n) is 7.72. The van der Waals surface area contributed by atoms with Crippen LogP contribution in [0.15, 0.2) is 36.8 Å². The molecule has 1 aliphatic heterocycles. The summed E-state index contributed by atoms with van der Waals surface area (Å²) in [5.41, 5.74) is 2.18. The minimum atomic E-state index is -0.618. The predicted octanol–water partition coefficient (Wildman–Crippen LogP) is 2.58. The van der Waals surface area contributed by atoms with Gasteiger partial charge in [0.05, 0.1) is 5.02 Å². The molecule has 27 heavy (non-hydrogen) atoms. The van der Waals surface area contributed by atoms with Crippen LogP contribution < -0.4 is 15.7 Å². The van der Waals surface area contributed by atoms with Gasteiger partial charge in [0, 0.05) is 43.8 Å². The van der Waals surface area contributed by atoms with E-state index in [1.807, 2.05) is 0 Å². The number of nitrogens with zero attached hydrogens (tertiary/aromatic N) is 4. The van der Waals surface area contributed by atoms with Crippen LogP contribution in [-0.2, 0) is 4.79 Å². The topological polar surface area (TPSA) is 103 Å². The molecule has 0 aliphatic carbocycles. The summed E-state index contributed by atoms with van der Waals surface area (Å²) in [5, 5.41) is 12.2. The molecular formula is C16H19Cl3N6O2. The number of rotatable bonds is 5. The number of pyridine rings is 1. The zero-order valence-electron chi connectivity index (χ0n) is 14.1. The molecule has 8 nitrogen and oxygen atoms in total. The maximum atomic E-state index is 11.0. The first-order chi connectivity index (χ1) is 12.2. The number of carbonyl (C=O) groups excluding carboxylic acids is 1. The molecule has 0 aromatic carbocycles. The fourth-order valence-electron chi connectivity index (χ4n) is 2.57. The Morgan fingerprint density at radius 3 is 2.70 bits per heavy atom. The largest absolute Gasteiger partial charge is 0.364 e.